The highest BCUT2D eigenvalue weighted by Crippen LogP contribution is 2.14. The van der Waals surface area contributed by atoms with Crippen LogP contribution in [0.25, 0.3) is 0 Å². The first-order valence-electron chi connectivity index (χ1n) is 11.3. The minimum atomic E-state index is -0.537. The van der Waals surface area contributed by atoms with Crippen LogP contribution in [-0.4, -0.2) is 33.7 Å². The van der Waals surface area contributed by atoms with Crippen LogP contribution >= 0.6 is 0 Å². The molecule has 0 radical (unpaired) electrons. The average Bonchev–Trinajstić information content (AvgIpc) is 2.54. The highest BCUT2D eigenvalue weighted by Gasteiger charge is 2.20. The SMILES string of the molecule is CCCCCCCCCCCCCCCCCC[N+](C)(C)[SiH](C)C. The van der Waals surface area contributed by atoms with E-state index in [2.05, 4.69) is 34.1 Å². The van der Waals surface area contributed by atoms with Crippen LogP contribution in [0, 0.1) is 0 Å². The molecule has 146 valence electrons. The van der Waals surface area contributed by atoms with E-state index in [1.807, 2.05) is 0 Å². The molecule has 0 aromatic heterocycles. The molecule has 0 aliphatic heterocycles. The van der Waals surface area contributed by atoms with Crippen molar-refractivity contribution < 1.29 is 4.15 Å². The minimum Gasteiger partial charge on any atom is -0.391 e. The van der Waals surface area contributed by atoms with Crippen molar-refractivity contribution in [1.29, 1.82) is 0 Å². The molecule has 0 aliphatic carbocycles. The maximum atomic E-state index is 2.48. The van der Waals surface area contributed by atoms with Crippen molar-refractivity contribution >= 4 is 8.96 Å². The Balaban J connectivity index is 3.13. The maximum Gasteiger partial charge on any atom is 0.263 e. The zero-order chi connectivity index (χ0) is 18.1. The van der Waals surface area contributed by atoms with Gasteiger partial charge >= 0.3 is 0 Å². The molecule has 0 atom stereocenters. The second-order valence-electron chi connectivity index (χ2n) is 8.90. The quantitative estimate of drug-likeness (QED) is 0.178. The standard InChI is InChI=1S/C22H50NSi/c1-6-7-8-9-10-11-12-13-14-15-16-17-18-19-20-21-22-23(2,3)24(4)5/h24H,6-22H2,1-5H3/q+1. The average molecular weight is 357 g/mol. The second kappa shape index (κ2) is 16.6. The highest BCUT2D eigenvalue weighted by molar-refractivity contribution is 6.47. The molecule has 0 aliphatic rings. The maximum absolute atomic E-state index is 2.48. The lowest BCUT2D eigenvalue weighted by molar-refractivity contribution is -0.784. The van der Waals surface area contributed by atoms with Gasteiger partial charge in [-0.15, -0.1) is 0 Å². The largest absolute Gasteiger partial charge is 0.391 e. The van der Waals surface area contributed by atoms with E-state index < -0.39 is 8.96 Å². The fraction of sp³-hybridized carbons (Fsp3) is 1.00. The summed E-state index contributed by atoms with van der Waals surface area (Å²) in [5.74, 6) is 0. The second-order valence-corrected chi connectivity index (χ2v) is 12.5. The fourth-order valence-corrected chi connectivity index (χ4v) is 4.02. The van der Waals surface area contributed by atoms with Gasteiger partial charge in [0.15, 0.2) is 0 Å². The van der Waals surface area contributed by atoms with Gasteiger partial charge in [0.05, 0.1) is 20.6 Å². The molecular weight excluding hydrogens is 306 g/mol. The molecule has 0 aromatic carbocycles. The van der Waals surface area contributed by atoms with Crippen LogP contribution < -0.4 is 0 Å². The first kappa shape index (κ1) is 24.2. The van der Waals surface area contributed by atoms with Crippen molar-refractivity contribution in [3.8, 4) is 0 Å². The molecule has 1 nitrogen and oxygen atoms in total. The summed E-state index contributed by atoms with van der Waals surface area (Å²) in [4.78, 5) is 0. The van der Waals surface area contributed by atoms with E-state index in [9.17, 15) is 0 Å². The summed E-state index contributed by atoms with van der Waals surface area (Å²) in [6, 6.07) is 0. The van der Waals surface area contributed by atoms with E-state index in [1.165, 1.54) is 113 Å². The molecule has 0 bridgehead atoms. The first-order chi connectivity index (χ1) is 11.5. The van der Waals surface area contributed by atoms with E-state index in [1.54, 1.807) is 0 Å². The normalized spacial score (nSPS) is 12.2. The third-order valence-electron chi connectivity index (χ3n) is 5.99. The Bertz CT molecular complexity index is 250. The van der Waals surface area contributed by atoms with E-state index >= 15 is 0 Å². The summed E-state index contributed by atoms with van der Waals surface area (Å²) in [5, 5.41) is 0. The summed E-state index contributed by atoms with van der Waals surface area (Å²) in [6.07, 6.45) is 23.5. The summed E-state index contributed by atoms with van der Waals surface area (Å²) in [6.45, 7) is 8.66. The Morgan fingerprint density at radius 3 is 1.08 bits per heavy atom. The zero-order valence-corrected chi connectivity index (χ0v) is 19.2. The van der Waals surface area contributed by atoms with Gasteiger partial charge in [-0.1, -0.05) is 96.8 Å². The summed E-state index contributed by atoms with van der Waals surface area (Å²) in [7, 11) is 4.33. The van der Waals surface area contributed by atoms with Gasteiger partial charge in [-0.2, -0.15) is 0 Å². The van der Waals surface area contributed by atoms with Gasteiger partial charge in [-0.05, 0) is 25.9 Å². The summed E-state index contributed by atoms with van der Waals surface area (Å²) < 4.78 is 1.32. The molecule has 0 saturated carbocycles. The molecular formula is C22H50NSi+. The Kier molecular flexibility index (Phi) is 16.8. The van der Waals surface area contributed by atoms with E-state index in [-0.39, 0.29) is 0 Å². The molecule has 0 spiro atoms. The lowest BCUT2D eigenvalue weighted by Gasteiger charge is -2.34. The molecule has 0 saturated heterocycles. The van der Waals surface area contributed by atoms with Gasteiger partial charge < -0.3 is 4.15 Å². The van der Waals surface area contributed by atoms with E-state index in [0.29, 0.717) is 0 Å². The van der Waals surface area contributed by atoms with Gasteiger partial charge in [0.25, 0.3) is 8.96 Å². The lowest BCUT2D eigenvalue weighted by atomic mass is 10.0. The van der Waals surface area contributed by atoms with Gasteiger partial charge in [-0.25, -0.2) is 0 Å². The van der Waals surface area contributed by atoms with Crippen LogP contribution in [0.1, 0.15) is 110 Å². The Morgan fingerprint density at radius 2 is 0.792 bits per heavy atom. The van der Waals surface area contributed by atoms with Crippen LogP contribution in [0.15, 0.2) is 0 Å². The van der Waals surface area contributed by atoms with Crippen molar-refractivity contribution in [1.82, 2.24) is 0 Å². The Labute approximate surface area is 156 Å². The Morgan fingerprint density at radius 1 is 0.500 bits per heavy atom. The molecule has 0 fully saturated rings. The van der Waals surface area contributed by atoms with Crippen LogP contribution in [0.5, 0.6) is 0 Å². The topological polar surface area (TPSA) is 0 Å². The summed E-state index contributed by atoms with van der Waals surface area (Å²) in [5.41, 5.74) is 0. The van der Waals surface area contributed by atoms with Crippen LogP contribution in [0.2, 0.25) is 13.1 Å². The molecule has 2 heteroatoms. The third kappa shape index (κ3) is 15.7. The Hall–Kier alpha value is 0.177. The molecule has 0 aromatic rings. The van der Waals surface area contributed by atoms with Crippen LogP contribution in [-0.2, 0) is 0 Å². The number of unbranched alkanes of at least 4 members (excludes halogenated alkanes) is 15. The molecule has 0 rings (SSSR count). The summed E-state index contributed by atoms with van der Waals surface area (Å²) >= 11 is 0. The molecule has 0 heterocycles. The number of hydrogen-bond acceptors (Lipinski definition) is 0. The number of quaternary nitrogens is 1. The fourth-order valence-electron chi connectivity index (χ4n) is 3.33. The predicted molar refractivity (Wildman–Crippen MR) is 115 cm³/mol. The van der Waals surface area contributed by atoms with Gasteiger partial charge in [0.2, 0.25) is 0 Å². The van der Waals surface area contributed by atoms with E-state index in [4.69, 9.17) is 0 Å². The lowest BCUT2D eigenvalue weighted by Crippen LogP contribution is -2.49. The van der Waals surface area contributed by atoms with E-state index in [0.717, 1.165) is 0 Å². The molecule has 0 amide bonds. The van der Waals surface area contributed by atoms with Crippen molar-refractivity contribution in [2.75, 3.05) is 20.6 Å². The first-order valence-corrected chi connectivity index (χ1v) is 14.2. The molecule has 0 unspecified atom stereocenters. The van der Waals surface area contributed by atoms with Crippen molar-refractivity contribution in [2.24, 2.45) is 0 Å². The van der Waals surface area contributed by atoms with Crippen molar-refractivity contribution in [3.05, 3.63) is 0 Å². The van der Waals surface area contributed by atoms with Crippen molar-refractivity contribution in [3.63, 3.8) is 0 Å². The number of rotatable bonds is 18. The van der Waals surface area contributed by atoms with Crippen LogP contribution in [0.4, 0.5) is 0 Å². The smallest absolute Gasteiger partial charge is 0.263 e. The minimum absolute atomic E-state index is 0.537. The van der Waals surface area contributed by atoms with Gasteiger partial charge in [-0.3, -0.25) is 0 Å². The highest BCUT2D eigenvalue weighted by atomic mass is 28.3. The molecule has 24 heavy (non-hydrogen) atoms. The van der Waals surface area contributed by atoms with Crippen LogP contribution in [0.3, 0.4) is 0 Å². The number of hydrogen-bond donors (Lipinski definition) is 0. The number of nitrogens with zero attached hydrogens (tertiary/aromatic N) is 1. The monoisotopic (exact) mass is 356 g/mol. The van der Waals surface area contributed by atoms with Gasteiger partial charge in [0, 0.05) is 0 Å². The third-order valence-corrected chi connectivity index (χ3v) is 9.04. The molecule has 0 N–H and O–H groups in total. The van der Waals surface area contributed by atoms with Crippen molar-refractivity contribution in [2.45, 2.75) is 123 Å². The van der Waals surface area contributed by atoms with Gasteiger partial charge in [0.1, 0.15) is 0 Å². The predicted octanol–water partition coefficient (Wildman–Crippen LogP) is 7.31. The zero-order valence-electron chi connectivity index (χ0n) is 18.0.